The summed E-state index contributed by atoms with van der Waals surface area (Å²) in [6.45, 7) is 1.75. The van der Waals surface area contributed by atoms with Crippen molar-refractivity contribution in [3.63, 3.8) is 0 Å². The highest BCUT2D eigenvalue weighted by Crippen LogP contribution is 2.30. The minimum absolute atomic E-state index is 0.221. The SMILES string of the molecule is C[C@@H](Oc1cccc2c1CCCC2)C(=O)Nc1ccc(Cl)c(Cl)c1. The fourth-order valence-electron chi connectivity index (χ4n) is 2.92. The van der Waals surface area contributed by atoms with E-state index in [1.165, 1.54) is 17.5 Å². The molecule has 0 radical (unpaired) electrons. The molecule has 0 spiro atoms. The summed E-state index contributed by atoms with van der Waals surface area (Å²) in [5, 5.41) is 3.66. The molecule has 0 saturated heterocycles. The van der Waals surface area contributed by atoms with Crippen LogP contribution in [0, 0.1) is 0 Å². The van der Waals surface area contributed by atoms with Gasteiger partial charge in [-0.05, 0) is 68.0 Å². The number of hydrogen-bond donors (Lipinski definition) is 1. The van der Waals surface area contributed by atoms with Crippen LogP contribution in [0.4, 0.5) is 5.69 Å². The first kappa shape index (κ1) is 17.1. The number of rotatable bonds is 4. The predicted molar refractivity (Wildman–Crippen MR) is 98.3 cm³/mol. The van der Waals surface area contributed by atoms with Crippen LogP contribution in [-0.4, -0.2) is 12.0 Å². The maximum absolute atomic E-state index is 12.4. The molecule has 0 bridgehead atoms. The molecule has 1 amide bonds. The third kappa shape index (κ3) is 3.85. The van der Waals surface area contributed by atoms with Gasteiger partial charge in [0.05, 0.1) is 10.0 Å². The van der Waals surface area contributed by atoms with Crippen molar-refractivity contribution in [2.24, 2.45) is 0 Å². The van der Waals surface area contributed by atoms with Crippen molar-refractivity contribution in [2.75, 3.05) is 5.32 Å². The van der Waals surface area contributed by atoms with Crippen molar-refractivity contribution < 1.29 is 9.53 Å². The van der Waals surface area contributed by atoms with E-state index in [-0.39, 0.29) is 5.91 Å². The Morgan fingerprint density at radius 2 is 1.92 bits per heavy atom. The highest BCUT2D eigenvalue weighted by atomic mass is 35.5. The Bertz CT molecular complexity index is 761. The van der Waals surface area contributed by atoms with Gasteiger partial charge in [-0.1, -0.05) is 35.3 Å². The number of hydrogen-bond acceptors (Lipinski definition) is 2. The Morgan fingerprint density at radius 1 is 1.12 bits per heavy atom. The van der Waals surface area contributed by atoms with E-state index in [0.29, 0.717) is 15.7 Å². The standard InChI is InChI=1S/C19H19Cl2NO2/c1-12(19(23)22-14-9-10-16(20)17(21)11-14)24-18-8-4-6-13-5-2-3-7-15(13)18/h4,6,8-12H,2-3,5,7H2,1H3,(H,22,23)/t12-/m1/s1. The van der Waals surface area contributed by atoms with Gasteiger partial charge < -0.3 is 10.1 Å². The topological polar surface area (TPSA) is 38.3 Å². The van der Waals surface area contributed by atoms with Gasteiger partial charge in [-0.3, -0.25) is 4.79 Å². The minimum Gasteiger partial charge on any atom is -0.481 e. The van der Waals surface area contributed by atoms with Gasteiger partial charge in [-0.2, -0.15) is 0 Å². The molecule has 24 heavy (non-hydrogen) atoms. The zero-order chi connectivity index (χ0) is 17.1. The lowest BCUT2D eigenvalue weighted by atomic mass is 9.91. The Hall–Kier alpha value is -1.71. The van der Waals surface area contributed by atoms with E-state index in [9.17, 15) is 4.79 Å². The molecule has 0 fully saturated rings. The number of amides is 1. The first-order valence-electron chi connectivity index (χ1n) is 8.08. The Morgan fingerprint density at radius 3 is 2.71 bits per heavy atom. The molecule has 1 aliphatic rings. The maximum Gasteiger partial charge on any atom is 0.265 e. The van der Waals surface area contributed by atoms with E-state index < -0.39 is 6.10 Å². The fourth-order valence-corrected chi connectivity index (χ4v) is 3.22. The summed E-state index contributed by atoms with van der Waals surface area (Å²) in [7, 11) is 0. The molecule has 0 aliphatic heterocycles. The molecule has 0 unspecified atom stereocenters. The maximum atomic E-state index is 12.4. The van der Waals surface area contributed by atoms with Gasteiger partial charge in [0.1, 0.15) is 5.75 Å². The number of fused-ring (bicyclic) bond motifs is 1. The third-order valence-corrected chi connectivity index (χ3v) is 4.95. The summed E-state index contributed by atoms with van der Waals surface area (Å²) in [6.07, 6.45) is 3.86. The number of ether oxygens (including phenoxy) is 1. The Labute approximate surface area is 151 Å². The van der Waals surface area contributed by atoms with Crippen molar-refractivity contribution in [2.45, 2.75) is 38.7 Å². The molecule has 2 aromatic carbocycles. The highest BCUT2D eigenvalue weighted by Gasteiger charge is 2.19. The summed E-state index contributed by atoms with van der Waals surface area (Å²) in [4.78, 5) is 12.4. The number of nitrogens with one attached hydrogen (secondary N) is 1. The predicted octanol–water partition coefficient (Wildman–Crippen LogP) is 5.28. The Kier molecular flexibility index (Phi) is 5.32. The first-order chi connectivity index (χ1) is 11.5. The smallest absolute Gasteiger partial charge is 0.265 e. The van der Waals surface area contributed by atoms with Crippen LogP contribution in [0.1, 0.15) is 30.9 Å². The average Bonchev–Trinajstić information content (AvgIpc) is 2.58. The quantitative estimate of drug-likeness (QED) is 0.802. The monoisotopic (exact) mass is 363 g/mol. The number of carbonyl (C=O) groups is 1. The molecule has 126 valence electrons. The molecule has 3 nitrogen and oxygen atoms in total. The van der Waals surface area contributed by atoms with E-state index in [1.807, 2.05) is 12.1 Å². The first-order valence-corrected chi connectivity index (χ1v) is 8.83. The molecule has 1 aliphatic carbocycles. The van der Waals surface area contributed by atoms with Gasteiger partial charge in [0.15, 0.2) is 6.10 Å². The molecular weight excluding hydrogens is 345 g/mol. The summed E-state index contributed by atoms with van der Waals surface area (Å²) < 4.78 is 5.93. The highest BCUT2D eigenvalue weighted by molar-refractivity contribution is 6.42. The van der Waals surface area contributed by atoms with E-state index >= 15 is 0 Å². The lowest BCUT2D eigenvalue weighted by molar-refractivity contribution is -0.122. The van der Waals surface area contributed by atoms with Crippen molar-refractivity contribution in [1.29, 1.82) is 0 Å². The van der Waals surface area contributed by atoms with Gasteiger partial charge in [-0.25, -0.2) is 0 Å². The number of halogens is 2. The number of carbonyl (C=O) groups excluding carboxylic acids is 1. The van der Waals surface area contributed by atoms with Crippen molar-refractivity contribution in [3.05, 3.63) is 57.6 Å². The number of aryl methyl sites for hydroxylation is 1. The van der Waals surface area contributed by atoms with Gasteiger partial charge >= 0.3 is 0 Å². The zero-order valence-corrected chi connectivity index (χ0v) is 15.0. The van der Waals surface area contributed by atoms with E-state index in [1.54, 1.807) is 25.1 Å². The summed E-state index contributed by atoms with van der Waals surface area (Å²) in [5.41, 5.74) is 3.16. The van der Waals surface area contributed by atoms with Crippen LogP contribution in [0.2, 0.25) is 10.0 Å². The molecule has 1 N–H and O–H groups in total. The lowest BCUT2D eigenvalue weighted by Gasteiger charge is -2.22. The van der Waals surface area contributed by atoms with Crippen LogP contribution in [0.25, 0.3) is 0 Å². The van der Waals surface area contributed by atoms with Crippen LogP contribution in [-0.2, 0) is 17.6 Å². The van der Waals surface area contributed by atoms with Crippen LogP contribution in [0.15, 0.2) is 36.4 Å². The van der Waals surface area contributed by atoms with E-state index in [0.717, 1.165) is 25.0 Å². The van der Waals surface area contributed by atoms with Crippen LogP contribution >= 0.6 is 23.2 Å². The normalized spacial score (nSPS) is 14.6. The van der Waals surface area contributed by atoms with Gasteiger partial charge in [-0.15, -0.1) is 0 Å². The average molecular weight is 364 g/mol. The molecule has 5 heteroatoms. The van der Waals surface area contributed by atoms with Gasteiger partial charge in [0, 0.05) is 5.69 Å². The number of anilines is 1. The van der Waals surface area contributed by atoms with Crippen molar-refractivity contribution in [3.8, 4) is 5.75 Å². The molecule has 3 rings (SSSR count). The van der Waals surface area contributed by atoms with Crippen LogP contribution in [0.5, 0.6) is 5.75 Å². The van der Waals surface area contributed by atoms with E-state index in [2.05, 4.69) is 11.4 Å². The van der Waals surface area contributed by atoms with Crippen LogP contribution < -0.4 is 10.1 Å². The molecule has 1 atom stereocenters. The molecule has 2 aromatic rings. The number of benzene rings is 2. The fraction of sp³-hybridized carbons (Fsp3) is 0.316. The lowest BCUT2D eigenvalue weighted by Crippen LogP contribution is -2.30. The Balaban J connectivity index is 1.69. The van der Waals surface area contributed by atoms with Crippen molar-refractivity contribution >= 4 is 34.8 Å². The largest absolute Gasteiger partial charge is 0.481 e. The molecule has 0 saturated carbocycles. The van der Waals surface area contributed by atoms with Gasteiger partial charge in [0.25, 0.3) is 5.91 Å². The molecule has 0 heterocycles. The molecule has 0 aromatic heterocycles. The van der Waals surface area contributed by atoms with E-state index in [4.69, 9.17) is 27.9 Å². The second-order valence-electron chi connectivity index (χ2n) is 5.98. The third-order valence-electron chi connectivity index (χ3n) is 4.21. The second kappa shape index (κ2) is 7.45. The minimum atomic E-state index is -0.604. The zero-order valence-electron chi connectivity index (χ0n) is 13.4. The summed E-state index contributed by atoms with van der Waals surface area (Å²) in [6, 6.07) is 11.1. The summed E-state index contributed by atoms with van der Waals surface area (Å²) >= 11 is 11.9. The molecular formula is C19H19Cl2NO2. The second-order valence-corrected chi connectivity index (χ2v) is 6.79. The summed E-state index contributed by atoms with van der Waals surface area (Å²) in [5.74, 6) is 0.589. The van der Waals surface area contributed by atoms with Crippen molar-refractivity contribution in [1.82, 2.24) is 0 Å². The van der Waals surface area contributed by atoms with Crippen LogP contribution in [0.3, 0.4) is 0 Å². The van der Waals surface area contributed by atoms with Gasteiger partial charge in [0.2, 0.25) is 0 Å².